The van der Waals surface area contributed by atoms with Crippen molar-refractivity contribution in [3.63, 3.8) is 0 Å². The summed E-state index contributed by atoms with van der Waals surface area (Å²) >= 11 is 1.19. The Morgan fingerprint density at radius 1 is 0.981 bits per heavy atom. The lowest BCUT2D eigenvalue weighted by Gasteiger charge is -2.31. The van der Waals surface area contributed by atoms with E-state index >= 15 is 0 Å². The second kappa shape index (κ2) is 17.5. The summed E-state index contributed by atoms with van der Waals surface area (Å²) < 4.78 is 58.0. The molecule has 0 amide bonds. The number of nitrogen functional groups attached to an aromatic ring is 2. The zero-order valence-corrected chi connectivity index (χ0v) is 31.1. The fourth-order valence-corrected chi connectivity index (χ4v) is 7.94. The molecule has 296 valence electrons. The lowest BCUT2D eigenvalue weighted by Crippen LogP contribution is -2.45. The Hall–Kier alpha value is -3.16. The van der Waals surface area contributed by atoms with Crippen LogP contribution in [0.4, 0.5) is 23.4 Å². The van der Waals surface area contributed by atoms with Gasteiger partial charge in [0.2, 0.25) is 11.9 Å². The van der Waals surface area contributed by atoms with Crippen molar-refractivity contribution in [2.24, 2.45) is 0 Å². The van der Waals surface area contributed by atoms with Crippen molar-refractivity contribution < 1.29 is 56.7 Å². The lowest BCUT2D eigenvalue weighted by molar-refractivity contribution is -0.0237. The smallest absolute Gasteiger partial charge is 0.387 e. The number of hydrogen-bond acceptors (Lipinski definition) is 20. The molecule has 27 heteroatoms. The molecule has 0 aromatic carbocycles. The van der Waals surface area contributed by atoms with Gasteiger partial charge in [-0.05, 0) is 19.8 Å². The van der Waals surface area contributed by atoms with Gasteiger partial charge in [-0.25, -0.2) is 14.1 Å². The van der Waals surface area contributed by atoms with E-state index in [1.807, 2.05) is 0 Å². The summed E-state index contributed by atoms with van der Waals surface area (Å²) in [7, 11) is -7.57. The first-order valence-electron chi connectivity index (χ1n) is 16.2. The molecule has 0 spiro atoms. The molecule has 5 heterocycles. The van der Waals surface area contributed by atoms with Gasteiger partial charge < -0.3 is 51.2 Å². The van der Waals surface area contributed by atoms with Crippen molar-refractivity contribution in [1.82, 2.24) is 29.5 Å². The monoisotopic (exact) mass is 812 g/mol. The number of ether oxygens (including phenoxy) is 2. The molecule has 0 saturated carbocycles. The Morgan fingerprint density at radius 2 is 1.62 bits per heavy atom. The molecule has 2 aliphatic heterocycles. The van der Waals surface area contributed by atoms with E-state index in [-0.39, 0.29) is 72.4 Å². The molecule has 3 aromatic rings. The maximum Gasteiger partial charge on any atom is 0.472 e. The molecule has 2 aliphatic rings. The number of aliphatic hydroxyl groups excluding tert-OH is 2. The highest BCUT2D eigenvalue weighted by atomic mass is 32.2. The molecule has 7 unspecified atom stereocenters. The van der Waals surface area contributed by atoms with Crippen LogP contribution < -0.4 is 32.8 Å². The van der Waals surface area contributed by atoms with Gasteiger partial charge in [-0.3, -0.25) is 42.2 Å². The number of thioether (sulfide) groups is 1. The zero-order chi connectivity index (χ0) is 38.5. The van der Waals surface area contributed by atoms with Crippen molar-refractivity contribution in [3.05, 3.63) is 27.0 Å². The molecule has 0 bridgehead atoms. The molecule has 11 N–H and O–H groups in total. The second-order valence-electron chi connectivity index (χ2n) is 11.6. The topological polar surface area (TPSA) is 347 Å². The summed E-state index contributed by atoms with van der Waals surface area (Å²) in [5.41, 5.74) is 10.7. The fraction of sp³-hybridized carbons (Fsp3) is 0.654. The predicted molar refractivity (Wildman–Crippen MR) is 189 cm³/mol. The highest BCUT2D eigenvalue weighted by Gasteiger charge is 2.47. The third-order valence-corrected chi connectivity index (χ3v) is 10.9. The van der Waals surface area contributed by atoms with E-state index in [2.05, 4.69) is 30.2 Å². The van der Waals surface area contributed by atoms with E-state index in [1.54, 1.807) is 11.5 Å². The first-order valence-corrected chi connectivity index (χ1v) is 20.3. The number of nitrogens with zero attached hydrogens (tertiary/aromatic N) is 5. The number of anilines is 4. The van der Waals surface area contributed by atoms with Crippen LogP contribution in [0.25, 0.3) is 11.2 Å². The molecule has 5 rings (SSSR count). The van der Waals surface area contributed by atoms with Gasteiger partial charge in [-0.1, -0.05) is 0 Å². The third-order valence-electron chi connectivity index (χ3n) is 8.06. The van der Waals surface area contributed by atoms with Gasteiger partial charge in [0.1, 0.15) is 30.2 Å². The number of likely N-dealkylation sites (N-methyl/N-ethyl adjacent to an activating group) is 1. The van der Waals surface area contributed by atoms with Crippen LogP contribution in [0, 0.1) is 0 Å². The summed E-state index contributed by atoms with van der Waals surface area (Å²) in [6, 6.07) is 0. The van der Waals surface area contributed by atoms with Crippen LogP contribution in [-0.2, 0) is 36.7 Å². The van der Waals surface area contributed by atoms with Crippen molar-refractivity contribution in [1.29, 1.82) is 0 Å². The fourth-order valence-electron chi connectivity index (χ4n) is 5.60. The van der Waals surface area contributed by atoms with Gasteiger partial charge in [-0.15, -0.1) is 0 Å². The van der Waals surface area contributed by atoms with Crippen molar-refractivity contribution in [2.45, 2.75) is 56.6 Å². The van der Waals surface area contributed by atoms with Crippen LogP contribution in [0.5, 0.6) is 0 Å². The molecule has 0 aliphatic carbocycles. The number of aromatic amines is 2. The minimum atomic E-state index is -4.63. The number of rotatable bonds is 19. The SMILES string of the molecule is CCN(c1nc(N)[nH]c(=O)c1NC)C1O[C@H](COP(=O)(O)OCCSCCOP(=O)(O)OCC2CCC(n3cnc4c(=O)[nH]c(N)nc43)O2)C(O)C1O. The molecule has 8 atom stereocenters. The van der Waals surface area contributed by atoms with Crippen molar-refractivity contribution >= 4 is 62.0 Å². The van der Waals surface area contributed by atoms with Gasteiger partial charge >= 0.3 is 15.6 Å². The average Bonchev–Trinajstić information content (AvgIpc) is 3.81. The molecule has 24 nitrogen and oxygen atoms in total. The van der Waals surface area contributed by atoms with Gasteiger partial charge in [0.15, 0.2) is 23.2 Å². The predicted octanol–water partition coefficient (Wildman–Crippen LogP) is -0.940. The summed E-state index contributed by atoms with van der Waals surface area (Å²) in [4.78, 5) is 62.9. The van der Waals surface area contributed by atoms with Gasteiger partial charge in [0, 0.05) is 25.1 Å². The number of aliphatic hydroxyl groups is 2. The van der Waals surface area contributed by atoms with E-state index in [0.717, 1.165) is 0 Å². The van der Waals surface area contributed by atoms with Crippen LogP contribution in [0.1, 0.15) is 26.0 Å². The highest BCUT2D eigenvalue weighted by Crippen LogP contribution is 2.45. The molecular formula is C26H42N10O14P2S. The Labute approximate surface area is 304 Å². The molecule has 2 fully saturated rings. The average molecular weight is 813 g/mol. The van der Waals surface area contributed by atoms with Crippen molar-refractivity contribution in [2.75, 3.05) is 73.2 Å². The van der Waals surface area contributed by atoms with E-state index in [4.69, 9.17) is 39.0 Å². The number of H-pyrrole nitrogens is 2. The van der Waals surface area contributed by atoms with Crippen LogP contribution >= 0.6 is 27.4 Å². The van der Waals surface area contributed by atoms with Crippen molar-refractivity contribution in [3.8, 4) is 0 Å². The molecule has 53 heavy (non-hydrogen) atoms. The Kier molecular flexibility index (Phi) is 13.6. The van der Waals surface area contributed by atoms with Gasteiger partial charge in [0.25, 0.3) is 11.1 Å². The Bertz CT molecular complexity index is 1940. The number of phosphoric acid groups is 2. The number of fused-ring (bicyclic) bond motifs is 1. The van der Waals surface area contributed by atoms with E-state index in [1.165, 1.54) is 30.0 Å². The minimum Gasteiger partial charge on any atom is -0.387 e. The summed E-state index contributed by atoms with van der Waals surface area (Å²) in [6.07, 6.45) is -4.23. The van der Waals surface area contributed by atoms with Gasteiger partial charge in [0.05, 0.1) is 38.9 Å². The molecular weight excluding hydrogens is 770 g/mol. The van der Waals surface area contributed by atoms with E-state index in [9.17, 15) is 38.7 Å². The van der Waals surface area contributed by atoms with E-state index in [0.29, 0.717) is 12.8 Å². The highest BCUT2D eigenvalue weighted by molar-refractivity contribution is 7.99. The molecule has 2 saturated heterocycles. The standard InChI is InChI=1S/C26H42N10O14P2S/c1-3-35(20-16(29-2)22(39)33-25(27)31-20)24-19(38)18(37)14(50-24)11-48-52(43,44)46-7-9-53-8-6-45-51(41,42)47-10-13-4-5-15(49-13)36-12-30-17-21(36)32-26(28)34-23(17)40/h12-15,18-19,24,29,37-38H,3-11H2,1-2H3,(H,41,42)(H,43,44)(H3,27,31,33,39)(H3,28,32,34,40)/t13?,14-,15?,18?,19?,24?/m1/s1. The first-order chi connectivity index (χ1) is 25.1. The maximum atomic E-state index is 12.5. The van der Waals surface area contributed by atoms with Crippen LogP contribution in [0.3, 0.4) is 0 Å². The maximum absolute atomic E-state index is 12.5. The number of hydrogen-bond donors (Lipinski definition) is 9. The quantitative estimate of drug-likeness (QED) is 0.0521. The second-order valence-corrected chi connectivity index (χ2v) is 15.7. The zero-order valence-electron chi connectivity index (χ0n) is 28.5. The molecule has 3 aromatic heterocycles. The normalized spacial score (nSPS) is 25.4. The number of phosphoric ester groups is 2. The van der Waals surface area contributed by atoms with Crippen LogP contribution in [0.2, 0.25) is 0 Å². The lowest BCUT2D eigenvalue weighted by atomic mass is 10.1. The van der Waals surface area contributed by atoms with Crippen LogP contribution in [-0.4, -0.2) is 132 Å². The molecule has 0 radical (unpaired) electrons. The summed E-state index contributed by atoms with van der Waals surface area (Å²) in [5, 5.41) is 24.0. The summed E-state index contributed by atoms with van der Waals surface area (Å²) in [5.74, 6) is 0.181. The van der Waals surface area contributed by atoms with E-state index < -0.39 is 70.2 Å². The number of aromatic nitrogens is 6. The summed E-state index contributed by atoms with van der Waals surface area (Å²) in [6.45, 7) is 0.555. The number of imidazole rings is 1. The minimum absolute atomic E-state index is 0.0405. The Morgan fingerprint density at radius 3 is 2.28 bits per heavy atom. The largest absolute Gasteiger partial charge is 0.472 e. The number of nitrogens with two attached hydrogens (primary N) is 2. The van der Waals surface area contributed by atoms with Gasteiger partial charge in [-0.2, -0.15) is 21.7 Å². The number of nitrogens with one attached hydrogen (secondary N) is 3. The Balaban J connectivity index is 0.977. The first kappa shape index (κ1) is 41.0. The third kappa shape index (κ3) is 10.1. The van der Waals surface area contributed by atoms with Crippen LogP contribution in [0.15, 0.2) is 15.9 Å².